The van der Waals surface area contributed by atoms with Crippen LogP contribution in [0.15, 0.2) is 24.4 Å². The van der Waals surface area contributed by atoms with E-state index >= 15 is 0 Å². The summed E-state index contributed by atoms with van der Waals surface area (Å²) in [7, 11) is 0. The van der Waals surface area contributed by atoms with Gasteiger partial charge in [0, 0.05) is 23.0 Å². The lowest BCUT2D eigenvalue weighted by atomic mass is 9.87. The molecule has 4 heteroatoms. The highest BCUT2D eigenvalue weighted by molar-refractivity contribution is 5.87. The van der Waals surface area contributed by atoms with Gasteiger partial charge in [0.1, 0.15) is 6.04 Å². The van der Waals surface area contributed by atoms with Crippen molar-refractivity contribution < 1.29 is 9.90 Å². The highest BCUT2D eigenvalue weighted by Gasteiger charge is 2.27. The lowest BCUT2D eigenvalue weighted by Crippen LogP contribution is -2.36. The second-order valence-electron chi connectivity index (χ2n) is 5.00. The van der Waals surface area contributed by atoms with Crippen molar-refractivity contribution in [3.05, 3.63) is 35.5 Å². The van der Waals surface area contributed by atoms with E-state index in [4.69, 9.17) is 10.8 Å². The SMILES string of the molecule is CCCC(c1c[nH]c2c(C)cccc12)C(N)C(=O)O. The van der Waals surface area contributed by atoms with E-state index in [0.29, 0.717) is 0 Å². The van der Waals surface area contributed by atoms with Gasteiger partial charge in [0.05, 0.1) is 0 Å². The van der Waals surface area contributed by atoms with Crippen LogP contribution in [0.5, 0.6) is 0 Å². The van der Waals surface area contributed by atoms with Crippen LogP contribution in [-0.2, 0) is 4.79 Å². The van der Waals surface area contributed by atoms with E-state index in [-0.39, 0.29) is 5.92 Å². The maximum absolute atomic E-state index is 11.2. The summed E-state index contributed by atoms with van der Waals surface area (Å²) in [5, 5.41) is 10.2. The van der Waals surface area contributed by atoms with Crippen molar-refractivity contribution in [2.24, 2.45) is 5.73 Å². The second kappa shape index (κ2) is 5.45. The zero-order valence-corrected chi connectivity index (χ0v) is 11.3. The van der Waals surface area contributed by atoms with Gasteiger partial charge in [-0.05, 0) is 24.5 Å². The Morgan fingerprint density at radius 1 is 1.47 bits per heavy atom. The summed E-state index contributed by atoms with van der Waals surface area (Å²) >= 11 is 0. The Kier molecular flexibility index (Phi) is 3.90. The summed E-state index contributed by atoms with van der Waals surface area (Å²) in [5.74, 6) is -1.10. The van der Waals surface area contributed by atoms with Crippen molar-refractivity contribution in [1.29, 1.82) is 0 Å². The Morgan fingerprint density at radius 2 is 2.21 bits per heavy atom. The van der Waals surface area contributed by atoms with E-state index in [9.17, 15) is 4.79 Å². The number of carboxylic acids is 1. The molecule has 19 heavy (non-hydrogen) atoms. The van der Waals surface area contributed by atoms with E-state index in [1.165, 1.54) is 0 Å². The van der Waals surface area contributed by atoms with Gasteiger partial charge >= 0.3 is 5.97 Å². The fourth-order valence-corrected chi connectivity index (χ4v) is 2.65. The van der Waals surface area contributed by atoms with Gasteiger partial charge in [-0.1, -0.05) is 31.5 Å². The van der Waals surface area contributed by atoms with Crippen LogP contribution in [0, 0.1) is 6.92 Å². The molecule has 1 aromatic heterocycles. The molecule has 102 valence electrons. The van der Waals surface area contributed by atoms with Crippen molar-refractivity contribution in [1.82, 2.24) is 4.98 Å². The number of aromatic nitrogens is 1. The summed E-state index contributed by atoms with van der Waals surface area (Å²) in [5.41, 5.74) is 9.08. The molecule has 4 N–H and O–H groups in total. The van der Waals surface area contributed by atoms with Crippen molar-refractivity contribution in [2.45, 2.75) is 38.6 Å². The molecule has 0 bridgehead atoms. The molecule has 2 aromatic rings. The third-order valence-corrected chi connectivity index (χ3v) is 3.67. The fraction of sp³-hybridized carbons (Fsp3) is 0.400. The summed E-state index contributed by atoms with van der Waals surface area (Å²) in [6, 6.07) is 5.18. The third-order valence-electron chi connectivity index (χ3n) is 3.67. The number of aliphatic carboxylic acids is 1. The van der Waals surface area contributed by atoms with E-state index in [2.05, 4.69) is 4.98 Å². The zero-order chi connectivity index (χ0) is 14.0. The monoisotopic (exact) mass is 260 g/mol. The molecule has 0 saturated carbocycles. The van der Waals surface area contributed by atoms with Gasteiger partial charge in [0.15, 0.2) is 0 Å². The van der Waals surface area contributed by atoms with Crippen LogP contribution in [0.2, 0.25) is 0 Å². The predicted molar refractivity (Wildman–Crippen MR) is 76.3 cm³/mol. The summed E-state index contributed by atoms with van der Waals surface area (Å²) in [6.07, 6.45) is 3.58. The summed E-state index contributed by atoms with van der Waals surface area (Å²) in [4.78, 5) is 14.4. The van der Waals surface area contributed by atoms with Crippen molar-refractivity contribution in [2.75, 3.05) is 0 Å². The van der Waals surface area contributed by atoms with Gasteiger partial charge in [-0.2, -0.15) is 0 Å². The number of nitrogens with one attached hydrogen (secondary N) is 1. The number of hydrogen-bond acceptors (Lipinski definition) is 2. The number of nitrogens with two attached hydrogens (primary N) is 1. The fourth-order valence-electron chi connectivity index (χ4n) is 2.65. The molecule has 2 rings (SSSR count). The third kappa shape index (κ3) is 2.49. The van der Waals surface area contributed by atoms with Crippen LogP contribution in [0.25, 0.3) is 10.9 Å². The van der Waals surface area contributed by atoms with Gasteiger partial charge in [0.2, 0.25) is 0 Å². The molecule has 0 spiro atoms. The number of rotatable bonds is 5. The van der Waals surface area contributed by atoms with Crippen molar-refractivity contribution in [3.8, 4) is 0 Å². The Balaban J connectivity index is 2.50. The van der Waals surface area contributed by atoms with Crippen molar-refractivity contribution in [3.63, 3.8) is 0 Å². The number of carbonyl (C=O) groups is 1. The molecule has 0 aliphatic carbocycles. The topological polar surface area (TPSA) is 79.1 Å². The molecule has 0 aliphatic rings. The first-order chi connectivity index (χ1) is 9.06. The molecule has 1 heterocycles. The van der Waals surface area contributed by atoms with Crippen LogP contribution < -0.4 is 5.73 Å². The lowest BCUT2D eigenvalue weighted by molar-refractivity contribution is -0.139. The largest absolute Gasteiger partial charge is 0.480 e. The van der Waals surface area contributed by atoms with Gasteiger partial charge < -0.3 is 15.8 Å². The first-order valence-electron chi connectivity index (χ1n) is 6.61. The number of fused-ring (bicyclic) bond motifs is 1. The smallest absolute Gasteiger partial charge is 0.321 e. The van der Waals surface area contributed by atoms with Gasteiger partial charge in [-0.3, -0.25) is 4.79 Å². The Hall–Kier alpha value is -1.81. The lowest BCUT2D eigenvalue weighted by Gasteiger charge is -2.20. The normalized spacial score (nSPS) is 14.5. The molecule has 0 fully saturated rings. The summed E-state index contributed by atoms with van der Waals surface area (Å²) in [6.45, 7) is 4.08. The molecule has 2 atom stereocenters. The molecule has 1 aromatic carbocycles. The number of hydrogen-bond donors (Lipinski definition) is 3. The number of H-pyrrole nitrogens is 1. The molecule has 0 saturated heterocycles. The Morgan fingerprint density at radius 3 is 2.84 bits per heavy atom. The van der Waals surface area contributed by atoms with E-state index in [0.717, 1.165) is 34.9 Å². The number of aromatic amines is 1. The van der Waals surface area contributed by atoms with Gasteiger partial charge in [-0.15, -0.1) is 0 Å². The van der Waals surface area contributed by atoms with E-state index < -0.39 is 12.0 Å². The van der Waals surface area contributed by atoms with Gasteiger partial charge in [0.25, 0.3) is 0 Å². The maximum atomic E-state index is 11.2. The van der Waals surface area contributed by atoms with E-state index in [1.807, 2.05) is 38.2 Å². The molecule has 0 amide bonds. The second-order valence-corrected chi connectivity index (χ2v) is 5.00. The first-order valence-corrected chi connectivity index (χ1v) is 6.61. The number of para-hydroxylation sites is 1. The van der Waals surface area contributed by atoms with Crippen LogP contribution in [0.1, 0.15) is 36.8 Å². The van der Waals surface area contributed by atoms with E-state index in [1.54, 1.807) is 0 Å². The zero-order valence-electron chi connectivity index (χ0n) is 11.3. The highest BCUT2D eigenvalue weighted by Crippen LogP contribution is 2.32. The Bertz CT molecular complexity index is 589. The van der Waals surface area contributed by atoms with Crippen LogP contribution >= 0.6 is 0 Å². The molecule has 4 nitrogen and oxygen atoms in total. The highest BCUT2D eigenvalue weighted by atomic mass is 16.4. The molecule has 0 radical (unpaired) electrons. The Labute approximate surface area is 112 Å². The number of aryl methyl sites for hydroxylation is 1. The molecule has 0 aliphatic heterocycles. The van der Waals surface area contributed by atoms with Crippen LogP contribution in [-0.4, -0.2) is 22.1 Å². The maximum Gasteiger partial charge on any atom is 0.321 e. The molecule has 2 unspecified atom stereocenters. The summed E-state index contributed by atoms with van der Waals surface area (Å²) < 4.78 is 0. The van der Waals surface area contributed by atoms with Crippen LogP contribution in [0.4, 0.5) is 0 Å². The molecular weight excluding hydrogens is 240 g/mol. The number of carboxylic acid groups (broad SMARTS) is 1. The minimum absolute atomic E-state index is 0.155. The average Bonchev–Trinajstić information content (AvgIpc) is 2.80. The van der Waals surface area contributed by atoms with Gasteiger partial charge in [-0.25, -0.2) is 0 Å². The predicted octanol–water partition coefficient (Wildman–Crippen LogP) is 2.77. The average molecular weight is 260 g/mol. The standard InChI is InChI=1S/C15H20N2O2/c1-3-5-10(13(16)15(18)19)12-8-17-14-9(2)6-4-7-11(12)14/h4,6-8,10,13,17H,3,5,16H2,1-2H3,(H,18,19). The quantitative estimate of drug-likeness (QED) is 0.773. The number of benzene rings is 1. The molecular formula is C15H20N2O2. The minimum Gasteiger partial charge on any atom is -0.480 e. The minimum atomic E-state index is -0.944. The van der Waals surface area contributed by atoms with Crippen LogP contribution in [0.3, 0.4) is 0 Å². The first kappa shape index (κ1) is 13.6. The van der Waals surface area contributed by atoms with Crippen molar-refractivity contribution >= 4 is 16.9 Å².